The van der Waals surface area contributed by atoms with Crippen molar-refractivity contribution < 1.29 is 14.0 Å². The maximum absolute atomic E-state index is 12.3. The Hall–Kier alpha value is -2.82. The van der Waals surface area contributed by atoms with Crippen molar-refractivity contribution in [1.29, 1.82) is 0 Å². The van der Waals surface area contributed by atoms with Crippen LogP contribution in [-0.4, -0.2) is 11.7 Å². The second-order valence-electron chi connectivity index (χ2n) is 5.76. The first-order valence-electron chi connectivity index (χ1n) is 8.08. The average Bonchev–Trinajstić information content (AvgIpc) is 3.11. The van der Waals surface area contributed by atoms with Crippen LogP contribution in [0.4, 0.5) is 5.69 Å². The van der Waals surface area contributed by atoms with Crippen LogP contribution in [0.5, 0.6) is 0 Å². The van der Waals surface area contributed by atoms with Crippen LogP contribution in [0.1, 0.15) is 23.0 Å². The number of amides is 1. The Kier molecular flexibility index (Phi) is 5.79. The van der Waals surface area contributed by atoms with E-state index in [1.165, 1.54) is 13.0 Å². The summed E-state index contributed by atoms with van der Waals surface area (Å²) in [7, 11) is 0. The van der Waals surface area contributed by atoms with Gasteiger partial charge in [0.1, 0.15) is 11.5 Å². The summed E-state index contributed by atoms with van der Waals surface area (Å²) in [5, 5.41) is 3.51. The van der Waals surface area contributed by atoms with Crippen molar-refractivity contribution >= 4 is 46.7 Å². The second kappa shape index (κ2) is 8.25. The van der Waals surface area contributed by atoms with E-state index in [1.54, 1.807) is 54.6 Å². The molecule has 0 unspecified atom stereocenters. The van der Waals surface area contributed by atoms with Gasteiger partial charge in [0.25, 0.3) is 0 Å². The minimum atomic E-state index is -0.178. The SMILES string of the molecule is CC(=O)Nc1ccc(C(=O)/C=C/c2ccc(-c3cccc(Cl)c3Cl)o2)cc1. The van der Waals surface area contributed by atoms with Crippen molar-refractivity contribution in [3.05, 3.63) is 82.0 Å². The molecule has 27 heavy (non-hydrogen) atoms. The molecule has 0 spiro atoms. The Labute approximate surface area is 166 Å². The predicted molar refractivity (Wildman–Crippen MR) is 108 cm³/mol. The number of anilines is 1. The largest absolute Gasteiger partial charge is 0.457 e. The van der Waals surface area contributed by atoms with Gasteiger partial charge in [-0.25, -0.2) is 0 Å². The van der Waals surface area contributed by atoms with Gasteiger partial charge in [0.15, 0.2) is 5.78 Å². The molecule has 3 aromatic rings. The molecular formula is C21H15Cl2NO3. The molecule has 0 radical (unpaired) electrons. The highest BCUT2D eigenvalue weighted by atomic mass is 35.5. The van der Waals surface area contributed by atoms with Gasteiger partial charge in [-0.2, -0.15) is 0 Å². The monoisotopic (exact) mass is 399 g/mol. The molecule has 3 rings (SSSR count). The van der Waals surface area contributed by atoms with Gasteiger partial charge >= 0.3 is 0 Å². The highest BCUT2D eigenvalue weighted by Gasteiger charge is 2.10. The van der Waals surface area contributed by atoms with Crippen LogP contribution in [0.3, 0.4) is 0 Å². The molecule has 1 N–H and O–H groups in total. The van der Waals surface area contributed by atoms with E-state index in [-0.39, 0.29) is 11.7 Å². The fourth-order valence-electron chi connectivity index (χ4n) is 2.46. The van der Waals surface area contributed by atoms with Gasteiger partial charge in [0.05, 0.1) is 10.0 Å². The van der Waals surface area contributed by atoms with E-state index in [1.807, 2.05) is 6.07 Å². The summed E-state index contributed by atoms with van der Waals surface area (Å²) in [5.41, 5.74) is 1.82. The number of rotatable bonds is 5. The van der Waals surface area contributed by atoms with E-state index < -0.39 is 0 Å². The summed E-state index contributed by atoms with van der Waals surface area (Å²) in [6, 6.07) is 15.5. The first-order valence-corrected chi connectivity index (χ1v) is 8.84. The highest BCUT2D eigenvalue weighted by molar-refractivity contribution is 6.43. The molecule has 0 aliphatic carbocycles. The number of hydrogen-bond donors (Lipinski definition) is 1. The molecule has 0 saturated heterocycles. The molecule has 0 aliphatic rings. The van der Waals surface area contributed by atoms with Crippen molar-refractivity contribution in [2.45, 2.75) is 6.92 Å². The Bertz CT molecular complexity index is 1020. The molecule has 0 aliphatic heterocycles. The van der Waals surface area contributed by atoms with E-state index in [9.17, 15) is 9.59 Å². The average molecular weight is 400 g/mol. The van der Waals surface area contributed by atoms with Crippen LogP contribution in [0.25, 0.3) is 17.4 Å². The number of carbonyl (C=O) groups is 2. The molecule has 0 fully saturated rings. The number of furan rings is 1. The van der Waals surface area contributed by atoms with E-state index in [0.29, 0.717) is 38.4 Å². The lowest BCUT2D eigenvalue weighted by Gasteiger charge is -2.02. The molecule has 0 saturated carbocycles. The lowest BCUT2D eigenvalue weighted by molar-refractivity contribution is -0.114. The summed E-state index contributed by atoms with van der Waals surface area (Å²) in [5.74, 6) is 0.740. The molecule has 4 nitrogen and oxygen atoms in total. The lowest BCUT2D eigenvalue weighted by atomic mass is 10.1. The first-order chi connectivity index (χ1) is 12.9. The number of hydrogen-bond acceptors (Lipinski definition) is 3. The molecule has 2 aromatic carbocycles. The van der Waals surface area contributed by atoms with Crippen LogP contribution in [0, 0.1) is 0 Å². The van der Waals surface area contributed by atoms with Crippen LogP contribution in [0.15, 0.2) is 65.1 Å². The standard InChI is InChI=1S/C21H15Cl2NO3/c1-13(25)24-15-7-5-14(6-8-15)19(26)11-9-16-10-12-20(27-16)17-3-2-4-18(22)21(17)23/h2-12H,1H3,(H,24,25)/b11-9+. The zero-order chi connectivity index (χ0) is 19.4. The summed E-state index contributed by atoms with van der Waals surface area (Å²) in [6.07, 6.45) is 3.02. The predicted octanol–water partition coefficient (Wildman–Crippen LogP) is 6.11. The van der Waals surface area contributed by atoms with Crippen LogP contribution in [-0.2, 0) is 4.79 Å². The molecule has 0 bridgehead atoms. The number of allylic oxidation sites excluding steroid dienone is 1. The summed E-state index contributed by atoms with van der Waals surface area (Å²) in [6.45, 7) is 1.43. The number of halogens is 2. The van der Waals surface area contributed by atoms with E-state index in [4.69, 9.17) is 27.6 Å². The Balaban J connectivity index is 1.73. The fraction of sp³-hybridized carbons (Fsp3) is 0.0476. The summed E-state index contributed by atoms with van der Waals surface area (Å²) in [4.78, 5) is 23.3. The fourth-order valence-corrected chi connectivity index (χ4v) is 2.85. The minimum Gasteiger partial charge on any atom is -0.457 e. The van der Waals surface area contributed by atoms with Gasteiger partial charge in [0.2, 0.25) is 5.91 Å². The molecule has 136 valence electrons. The van der Waals surface area contributed by atoms with Crippen molar-refractivity contribution in [3.63, 3.8) is 0 Å². The van der Waals surface area contributed by atoms with E-state index in [0.717, 1.165) is 0 Å². The maximum atomic E-state index is 12.3. The van der Waals surface area contributed by atoms with Crippen LogP contribution in [0.2, 0.25) is 10.0 Å². The van der Waals surface area contributed by atoms with Crippen molar-refractivity contribution in [2.75, 3.05) is 5.32 Å². The zero-order valence-electron chi connectivity index (χ0n) is 14.3. The van der Waals surface area contributed by atoms with Crippen LogP contribution >= 0.6 is 23.2 Å². The maximum Gasteiger partial charge on any atom is 0.221 e. The Morgan fingerprint density at radius 2 is 1.74 bits per heavy atom. The van der Waals surface area contributed by atoms with E-state index >= 15 is 0 Å². The third-order valence-corrected chi connectivity index (χ3v) is 4.55. The smallest absolute Gasteiger partial charge is 0.221 e. The normalized spacial score (nSPS) is 10.9. The first kappa shape index (κ1) is 19.0. The zero-order valence-corrected chi connectivity index (χ0v) is 15.8. The van der Waals surface area contributed by atoms with Gasteiger partial charge in [0, 0.05) is 23.7 Å². The number of ketones is 1. The number of carbonyl (C=O) groups excluding carboxylic acids is 2. The van der Waals surface area contributed by atoms with Gasteiger partial charge in [-0.1, -0.05) is 29.3 Å². The molecular weight excluding hydrogens is 385 g/mol. The quantitative estimate of drug-likeness (QED) is 0.415. The lowest BCUT2D eigenvalue weighted by Crippen LogP contribution is -2.05. The van der Waals surface area contributed by atoms with Gasteiger partial charge in [-0.05, 0) is 60.7 Å². The molecule has 1 aromatic heterocycles. The van der Waals surface area contributed by atoms with Gasteiger partial charge in [-0.3, -0.25) is 9.59 Å². The topological polar surface area (TPSA) is 59.3 Å². The van der Waals surface area contributed by atoms with Gasteiger partial charge in [-0.15, -0.1) is 0 Å². The molecule has 1 heterocycles. The van der Waals surface area contributed by atoms with Crippen molar-refractivity contribution in [1.82, 2.24) is 0 Å². The van der Waals surface area contributed by atoms with Gasteiger partial charge < -0.3 is 9.73 Å². The molecule has 0 atom stereocenters. The minimum absolute atomic E-state index is 0.164. The second-order valence-corrected chi connectivity index (χ2v) is 6.54. The third-order valence-electron chi connectivity index (χ3n) is 3.73. The van der Waals surface area contributed by atoms with Crippen LogP contribution < -0.4 is 5.32 Å². The van der Waals surface area contributed by atoms with E-state index in [2.05, 4.69) is 5.32 Å². The Morgan fingerprint density at radius 3 is 2.44 bits per heavy atom. The molecule has 1 amide bonds. The third kappa shape index (κ3) is 4.67. The van der Waals surface area contributed by atoms with Crippen molar-refractivity contribution in [3.8, 4) is 11.3 Å². The molecule has 6 heteroatoms. The van der Waals surface area contributed by atoms with Crippen molar-refractivity contribution in [2.24, 2.45) is 0 Å². The Morgan fingerprint density at radius 1 is 1.00 bits per heavy atom. The highest BCUT2D eigenvalue weighted by Crippen LogP contribution is 2.34. The number of nitrogens with one attached hydrogen (secondary N) is 1. The summed E-state index contributed by atoms with van der Waals surface area (Å²) >= 11 is 12.2. The number of benzene rings is 2. The summed E-state index contributed by atoms with van der Waals surface area (Å²) < 4.78 is 5.73.